The molecule has 0 amide bonds. The fourth-order valence-electron chi connectivity index (χ4n) is 3.73. The molecule has 1 nitrogen and oxygen atoms in total. The summed E-state index contributed by atoms with van der Waals surface area (Å²) in [6, 6.07) is 0. The Morgan fingerprint density at radius 1 is 1.33 bits per heavy atom. The highest BCUT2D eigenvalue weighted by atomic mass is 16.3. The summed E-state index contributed by atoms with van der Waals surface area (Å²) < 4.78 is 0. The molecule has 0 aromatic heterocycles. The van der Waals surface area contributed by atoms with Crippen molar-refractivity contribution >= 4 is 0 Å². The van der Waals surface area contributed by atoms with Gasteiger partial charge < -0.3 is 5.11 Å². The van der Waals surface area contributed by atoms with Crippen LogP contribution >= 0.6 is 0 Å². The number of fused-ring (bicyclic) bond motifs is 2. The zero-order chi connectivity index (χ0) is 8.72. The molecule has 1 N–H and O–H groups in total. The van der Waals surface area contributed by atoms with Gasteiger partial charge in [-0.3, -0.25) is 0 Å². The molecule has 2 saturated carbocycles. The third-order valence-electron chi connectivity index (χ3n) is 4.35. The molecule has 1 heteroatoms. The van der Waals surface area contributed by atoms with E-state index in [1.165, 1.54) is 19.3 Å². The second-order valence-corrected chi connectivity index (χ2v) is 4.93. The highest BCUT2D eigenvalue weighted by Gasteiger charge is 2.46. The molecule has 2 aliphatic rings. The Labute approximate surface area is 75.2 Å². The summed E-state index contributed by atoms with van der Waals surface area (Å²) in [4.78, 5) is 0. The Balaban J connectivity index is 2.06. The topological polar surface area (TPSA) is 20.2 Å². The third-order valence-corrected chi connectivity index (χ3v) is 4.35. The first kappa shape index (κ1) is 8.55. The van der Waals surface area contributed by atoms with Gasteiger partial charge in [0.25, 0.3) is 0 Å². The first-order chi connectivity index (χ1) is 5.74. The zero-order valence-corrected chi connectivity index (χ0v) is 8.16. The molecule has 70 valence electrons. The van der Waals surface area contributed by atoms with Crippen LogP contribution in [0.25, 0.3) is 0 Å². The summed E-state index contributed by atoms with van der Waals surface area (Å²) in [5, 5.41) is 9.14. The lowest BCUT2D eigenvalue weighted by Crippen LogP contribution is -2.27. The first-order valence-corrected chi connectivity index (χ1v) is 5.35. The monoisotopic (exact) mass is 168 g/mol. The number of aliphatic hydroxyl groups excluding tert-OH is 1. The molecule has 2 fully saturated rings. The molecule has 0 aromatic rings. The van der Waals surface area contributed by atoms with Crippen molar-refractivity contribution in [2.24, 2.45) is 29.6 Å². The summed E-state index contributed by atoms with van der Waals surface area (Å²) in [5.74, 6) is 4.19. The van der Waals surface area contributed by atoms with Gasteiger partial charge in [-0.1, -0.05) is 13.8 Å². The van der Waals surface area contributed by atoms with E-state index in [9.17, 15) is 0 Å². The van der Waals surface area contributed by atoms with Crippen molar-refractivity contribution in [3.63, 3.8) is 0 Å². The van der Waals surface area contributed by atoms with Gasteiger partial charge in [-0.15, -0.1) is 0 Å². The first-order valence-electron chi connectivity index (χ1n) is 5.35. The molecular weight excluding hydrogens is 148 g/mol. The van der Waals surface area contributed by atoms with Crippen LogP contribution in [0.5, 0.6) is 0 Å². The molecule has 0 saturated heterocycles. The van der Waals surface area contributed by atoms with E-state index < -0.39 is 0 Å². The maximum absolute atomic E-state index is 9.14. The van der Waals surface area contributed by atoms with Gasteiger partial charge in [0, 0.05) is 6.61 Å². The minimum absolute atomic E-state index is 0.387. The number of hydrogen-bond donors (Lipinski definition) is 1. The van der Waals surface area contributed by atoms with Crippen LogP contribution in [0.1, 0.15) is 33.1 Å². The molecule has 0 aliphatic heterocycles. The normalized spacial score (nSPS) is 48.2. The van der Waals surface area contributed by atoms with Crippen molar-refractivity contribution < 1.29 is 5.11 Å². The predicted molar refractivity (Wildman–Crippen MR) is 49.7 cm³/mol. The average molecular weight is 168 g/mol. The maximum atomic E-state index is 9.14. The molecule has 5 unspecified atom stereocenters. The molecule has 2 aliphatic carbocycles. The van der Waals surface area contributed by atoms with E-state index in [0.717, 1.165) is 23.7 Å². The molecule has 0 spiro atoms. The smallest absolute Gasteiger partial charge is 0.0459 e. The van der Waals surface area contributed by atoms with Gasteiger partial charge in [0.15, 0.2) is 0 Å². The van der Waals surface area contributed by atoms with E-state index in [-0.39, 0.29) is 0 Å². The van der Waals surface area contributed by atoms with Crippen molar-refractivity contribution in [3.05, 3.63) is 0 Å². The number of aliphatic hydroxyl groups is 1. The van der Waals surface area contributed by atoms with E-state index in [1.54, 1.807) is 0 Å². The second kappa shape index (κ2) is 3.02. The lowest BCUT2D eigenvalue weighted by Gasteiger charge is -2.32. The highest BCUT2D eigenvalue weighted by molar-refractivity contribution is 4.96. The second-order valence-electron chi connectivity index (χ2n) is 4.93. The Morgan fingerprint density at radius 3 is 2.50 bits per heavy atom. The van der Waals surface area contributed by atoms with E-state index in [4.69, 9.17) is 5.11 Å². The highest BCUT2D eigenvalue weighted by Crippen LogP contribution is 2.54. The van der Waals surface area contributed by atoms with Crippen LogP contribution in [0.15, 0.2) is 0 Å². The van der Waals surface area contributed by atoms with E-state index in [0.29, 0.717) is 12.5 Å². The lowest BCUT2D eigenvalue weighted by atomic mass is 9.74. The van der Waals surface area contributed by atoms with Crippen molar-refractivity contribution in [1.82, 2.24) is 0 Å². The minimum Gasteiger partial charge on any atom is -0.396 e. The van der Waals surface area contributed by atoms with Gasteiger partial charge in [-0.2, -0.15) is 0 Å². The van der Waals surface area contributed by atoms with Crippen LogP contribution in [0.3, 0.4) is 0 Å². The lowest BCUT2D eigenvalue weighted by molar-refractivity contribution is 0.112. The van der Waals surface area contributed by atoms with Crippen molar-refractivity contribution in [2.75, 3.05) is 6.61 Å². The molecule has 0 aromatic carbocycles. The molecule has 2 rings (SSSR count). The Kier molecular flexibility index (Phi) is 2.16. The number of hydrogen-bond acceptors (Lipinski definition) is 1. The largest absolute Gasteiger partial charge is 0.396 e. The molecular formula is C11H20O. The van der Waals surface area contributed by atoms with Gasteiger partial charge in [0.2, 0.25) is 0 Å². The SMILES string of the molecule is CC(CO)C1C2CCC(C2)C1C. The fourth-order valence-corrected chi connectivity index (χ4v) is 3.73. The van der Waals surface area contributed by atoms with Crippen LogP contribution in [0.4, 0.5) is 0 Å². The molecule has 5 atom stereocenters. The molecule has 0 heterocycles. The maximum Gasteiger partial charge on any atom is 0.0459 e. The minimum atomic E-state index is 0.387. The molecule has 0 radical (unpaired) electrons. The van der Waals surface area contributed by atoms with Gasteiger partial charge >= 0.3 is 0 Å². The fraction of sp³-hybridized carbons (Fsp3) is 1.00. The average Bonchev–Trinajstić information content (AvgIpc) is 2.63. The van der Waals surface area contributed by atoms with Gasteiger partial charge in [0.1, 0.15) is 0 Å². The Hall–Kier alpha value is -0.0400. The summed E-state index contributed by atoms with van der Waals surface area (Å²) in [6.45, 7) is 4.99. The standard InChI is InChI=1S/C11H20O/c1-7(6-12)11-8(2)9-3-4-10(11)5-9/h7-12H,3-6H2,1-2H3. The van der Waals surface area contributed by atoms with Crippen molar-refractivity contribution in [2.45, 2.75) is 33.1 Å². The van der Waals surface area contributed by atoms with E-state index in [1.807, 2.05) is 0 Å². The molecule has 2 bridgehead atoms. The summed E-state index contributed by atoms with van der Waals surface area (Å²) in [7, 11) is 0. The van der Waals surface area contributed by atoms with E-state index >= 15 is 0 Å². The van der Waals surface area contributed by atoms with Crippen molar-refractivity contribution in [1.29, 1.82) is 0 Å². The third kappa shape index (κ3) is 1.10. The van der Waals surface area contributed by atoms with E-state index in [2.05, 4.69) is 13.8 Å². The van der Waals surface area contributed by atoms with Gasteiger partial charge in [-0.25, -0.2) is 0 Å². The van der Waals surface area contributed by atoms with Crippen LogP contribution in [-0.2, 0) is 0 Å². The molecule has 12 heavy (non-hydrogen) atoms. The van der Waals surface area contributed by atoms with Crippen LogP contribution in [0, 0.1) is 29.6 Å². The van der Waals surface area contributed by atoms with Crippen LogP contribution in [0.2, 0.25) is 0 Å². The quantitative estimate of drug-likeness (QED) is 0.670. The zero-order valence-electron chi connectivity index (χ0n) is 8.16. The van der Waals surface area contributed by atoms with Crippen LogP contribution < -0.4 is 0 Å². The Bertz CT molecular complexity index is 164. The summed E-state index contributed by atoms with van der Waals surface area (Å²) >= 11 is 0. The number of rotatable bonds is 2. The van der Waals surface area contributed by atoms with Crippen LogP contribution in [-0.4, -0.2) is 11.7 Å². The van der Waals surface area contributed by atoms with Gasteiger partial charge in [0.05, 0.1) is 0 Å². The summed E-state index contributed by atoms with van der Waals surface area (Å²) in [6.07, 6.45) is 4.35. The van der Waals surface area contributed by atoms with Gasteiger partial charge in [-0.05, 0) is 48.9 Å². The predicted octanol–water partition coefficient (Wildman–Crippen LogP) is 2.30. The summed E-state index contributed by atoms with van der Waals surface area (Å²) in [5.41, 5.74) is 0. The Morgan fingerprint density at radius 2 is 2.00 bits per heavy atom. The van der Waals surface area contributed by atoms with Crippen molar-refractivity contribution in [3.8, 4) is 0 Å².